The molecule has 0 fully saturated rings. The van der Waals surface area contributed by atoms with Crippen LogP contribution in [-0.4, -0.2) is 29.0 Å². The predicted molar refractivity (Wildman–Crippen MR) is 106 cm³/mol. The van der Waals surface area contributed by atoms with Crippen molar-refractivity contribution in [2.45, 2.75) is 13.0 Å². The van der Waals surface area contributed by atoms with Crippen molar-refractivity contribution in [1.29, 1.82) is 0 Å². The molecule has 3 amide bonds. The average molecular weight is 417 g/mol. The Bertz CT molecular complexity index is 1010. The van der Waals surface area contributed by atoms with Gasteiger partial charge in [-0.3, -0.25) is 19.7 Å². The van der Waals surface area contributed by atoms with Crippen LogP contribution >= 0.6 is 11.6 Å². The molecule has 3 rings (SSSR count). The van der Waals surface area contributed by atoms with E-state index < -0.39 is 22.9 Å². The number of nitrogens with zero attached hydrogens (tertiary/aromatic N) is 2. The van der Waals surface area contributed by atoms with Crippen LogP contribution in [0.1, 0.15) is 18.5 Å². The molecule has 0 saturated heterocycles. The number of benzene rings is 2. The lowest BCUT2D eigenvalue weighted by molar-refractivity contribution is -0.384. The summed E-state index contributed by atoms with van der Waals surface area (Å²) in [5, 5.41) is 18.0. The molecule has 0 bridgehead atoms. The predicted octanol–water partition coefficient (Wildman–Crippen LogP) is 3.79. The number of anilines is 1. The monoisotopic (exact) mass is 416 g/mol. The second-order valence-electron chi connectivity index (χ2n) is 6.17. The maximum Gasteiger partial charge on any atom is 0.346 e. The molecule has 1 atom stereocenters. The molecule has 10 heteroatoms. The summed E-state index contributed by atoms with van der Waals surface area (Å²) in [5.41, 5.74) is 1.18. The number of carbonyl (C=O) groups is 2. The Hall–Kier alpha value is -3.43. The Morgan fingerprint density at radius 2 is 1.97 bits per heavy atom. The number of urea groups is 1. The number of rotatable bonds is 5. The van der Waals surface area contributed by atoms with E-state index in [4.69, 9.17) is 16.4 Å². The minimum absolute atomic E-state index is 0.152. The first-order valence-corrected chi connectivity index (χ1v) is 8.86. The van der Waals surface area contributed by atoms with Gasteiger partial charge >= 0.3 is 6.03 Å². The van der Waals surface area contributed by atoms with Gasteiger partial charge in [-0.1, -0.05) is 23.7 Å². The van der Waals surface area contributed by atoms with Gasteiger partial charge in [-0.2, -0.15) is 5.06 Å². The van der Waals surface area contributed by atoms with Gasteiger partial charge < -0.3 is 10.6 Å². The van der Waals surface area contributed by atoms with E-state index in [0.29, 0.717) is 16.3 Å². The lowest BCUT2D eigenvalue weighted by atomic mass is 9.94. The molecule has 1 unspecified atom stereocenters. The number of nitro benzene ring substituents is 1. The molecule has 0 aromatic heterocycles. The summed E-state index contributed by atoms with van der Waals surface area (Å²) in [6.07, 6.45) is 0. The van der Waals surface area contributed by atoms with Crippen LogP contribution in [0.25, 0.3) is 0 Å². The fraction of sp³-hybridized carbons (Fsp3) is 0.158. The van der Waals surface area contributed by atoms with Crippen molar-refractivity contribution in [3.8, 4) is 0 Å². The van der Waals surface area contributed by atoms with Gasteiger partial charge in [0, 0.05) is 22.8 Å². The van der Waals surface area contributed by atoms with Gasteiger partial charge in [0.15, 0.2) is 0 Å². The largest absolute Gasteiger partial charge is 0.346 e. The lowest BCUT2D eigenvalue weighted by Gasteiger charge is -2.33. The highest BCUT2D eigenvalue weighted by Gasteiger charge is 2.36. The lowest BCUT2D eigenvalue weighted by Crippen LogP contribution is -2.48. The van der Waals surface area contributed by atoms with Crippen molar-refractivity contribution in [3.05, 3.63) is 80.5 Å². The third-order valence-electron chi connectivity index (χ3n) is 4.38. The van der Waals surface area contributed by atoms with Crippen LogP contribution < -0.4 is 10.6 Å². The number of nitrogens with one attached hydrogen (secondary N) is 2. The molecule has 29 heavy (non-hydrogen) atoms. The summed E-state index contributed by atoms with van der Waals surface area (Å²) in [7, 11) is 1.30. The van der Waals surface area contributed by atoms with Crippen LogP contribution in [0.2, 0.25) is 5.02 Å². The molecule has 2 aromatic rings. The first-order chi connectivity index (χ1) is 13.8. The fourth-order valence-corrected chi connectivity index (χ4v) is 3.17. The van der Waals surface area contributed by atoms with Gasteiger partial charge in [0.05, 0.1) is 29.3 Å². The highest BCUT2D eigenvalue weighted by Crippen LogP contribution is 2.32. The molecule has 2 aromatic carbocycles. The van der Waals surface area contributed by atoms with E-state index >= 15 is 0 Å². The number of amides is 3. The number of hydrogen-bond donors (Lipinski definition) is 2. The maximum atomic E-state index is 13.1. The number of hydroxylamine groups is 2. The quantitative estimate of drug-likeness (QED) is 0.568. The number of carbonyl (C=O) groups excluding carboxylic acids is 2. The van der Waals surface area contributed by atoms with Crippen LogP contribution in [-0.2, 0) is 9.63 Å². The van der Waals surface area contributed by atoms with Crippen LogP contribution in [0.15, 0.2) is 59.8 Å². The summed E-state index contributed by atoms with van der Waals surface area (Å²) in [4.78, 5) is 41.1. The zero-order valence-electron chi connectivity index (χ0n) is 15.5. The summed E-state index contributed by atoms with van der Waals surface area (Å²) < 4.78 is 0. The first kappa shape index (κ1) is 20.3. The van der Waals surface area contributed by atoms with Crippen LogP contribution in [0.5, 0.6) is 0 Å². The van der Waals surface area contributed by atoms with Crippen molar-refractivity contribution in [2.75, 3.05) is 12.4 Å². The summed E-state index contributed by atoms with van der Waals surface area (Å²) in [5.74, 6) is -0.497. The van der Waals surface area contributed by atoms with Crippen LogP contribution in [0, 0.1) is 10.1 Å². The van der Waals surface area contributed by atoms with Gasteiger partial charge in [-0.25, -0.2) is 4.79 Å². The molecular formula is C19H17ClN4O5. The maximum absolute atomic E-state index is 13.1. The zero-order chi connectivity index (χ0) is 21.1. The van der Waals surface area contributed by atoms with E-state index in [2.05, 4.69) is 10.6 Å². The van der Waals surface area contributed by atoms with Crippen LogP contribution in [0.3, 0.4) is 0 Å². The fourth-order valence-electron chi connectivity index (χ4n) is 3.04. The Labute approximate surface area is 171 Å². The number of halogens is 1. The molecule has 0 spiro atoms. The van der Waals surface area contributed by atoms with E-state index in [0.717, 1.165) is 5.06 Å². The second kappa shape index (κ2) is 8.29. The number of allylic oxidation sites excluding steroid dienone is 1. The van der Waals surface area contributed by atoms with Crippen molar-refractivity contribution >= 4 is 34.9 Å². The highest BCUT2D eigenvalue weighted by atomic mass is 35.5. The molecular weight excluding hydrogens is 400 g/mol. The van der Waals surface area contributed by atoms with Crippen molar-refractivity contribution < 1.29 is 19.3 Å². The molecule has 0 saturated carbocycles. The van der Waals surface area contributed by atoms with Gasteiger partial charge in [0.2, 0.25) is 0 Å². The number of nitro groups is 1. The van der Waals surface area contributed by atoms with Gasteiger partial charge in [0.1, 0.15) is 0 Å². The third-order valence-corrected chi connectivity index (χ3v) is 4.63. The van der Waals surface area contributed by atoms with Crippen LogP contribution in [0.4, 0.5) is 16.2 Å². The molecule has 1 heterocycles. The Kier molecular flexibility index (Phi) is 5.81. The minimum Gasteiger partial charge on any atom is -0.325 e. The Balaban J connectivity index is 2.04. The van der Waals surface area contributed by atoms with E-state index in [-0.39, 0.29) is 17.0 Å². The highest BCUT2D eigenvalue weighted by molar-refractivity contribution is 6.30. The summed E-state index contributed by atoms with van der Waals surface area (Å²) >= 11 is 5.87. The molecule has 150 valence electrons. The summed E-state index contributed by atoms with van der Waals surface area (Å²) in [6, 6.07) is 10.8. The SMILES string of the molecule is CON1C(=O)NC(c2cccc([N+](=O)[O-])c2)C(C(=O)Nc2ccc(Cl)cc2)=C1C. The molecule has 1 aliphatic heterocycles. The standard InChI is InChI=1S/C19H17ClN4O5/c1-11-16(18(25)21-14-8-6-13(20)7-9-14)17(22-19(26)23(11)29-2)12-4-3-5-15(10-12)24(27)28/h3-10,17H,1-2H3,(H,21,25)(H,22,26). The van der Waals surface area contributed by atoms with Crippen molar-refractivity contribution in [3.63, 3.8) is 0 Å². The van der Waals surface area contributed by atoms with E-state index in [1.807, 2.05) is 0 Å². The molecule has 0 radical (unpaired) electrons. The Morgan fingerprint density at radius 1 is 1.28 bits per heavy atom. The van der Waals surface area contributed by atoms with Gasteiger partial charge in [-0.05, 0) is 36.8 Å². The molecule has 1 aliphatic rings. The Morgan fingerprint density at radius 3 is 2.59 bits per heavy atom. The molecule has 9 nitrogen and oxygen atoms in total. The first-order valence-electron chi connectivity index (χ1n) is 8.48. The molecule has 2 N–H and O–H groups in total. The minimum atomic E-state index is -0.902. The third kappa shape index (κ3) is 4.20. The topological polar surface area (TPSA) is 114 Å². The van der Waals surface area contributed by atoms with Crippen molar-refractivity contribution in [2.24, 2.45) is 0 Å². The van der Waals surface area contributed by atoms with Crippen molar-refractivity contribution in [1.82, 2.24) is 10.4 Å². The second-order valence-corrected chi connectivity index (χ2v) is 6.61. The van der Waals surface area contributed by atoms with E-state index in [9.17, 15) is 19.7 Å². The van der Waals surface area contributed by atoms with Gasteiger partial charge in [-0.15, -0.1) is 0 Å². The van der Waals surface area contributed by atoms with E-state index in [1.165, 1.54) is 25.3 Å². The summed E-state index contributed by atoms with van der Waals surface area (Å²) in [6.45, 7) is 1.56. The molecule has 0 aliphatic carbocycles. The average Bonchev–Trinajstić information content (AvgIpc) is 2.69. The number of hydrogen-bond acceptors (Lipinski definition) is 5. The number of non-ortho nitro benzene ring substituents is 1. The van der Waals surface area contributed by atoms with Gasteiger partial charge in [0.25, 0.3) is 11.6 Å². The normalized spacial score (nSPS) is 16.4. The van der Waals surface area contributed by atoms with E-state index in [1.54, 1.807) is 37.3 Å². The zero-order valence-corrected chi connectivity index (χ0v) is 16.3. The smallest absolute Gasteiger partial charge is 0.325 e.